The van der Waals surface area contributed by atoms with E-state index in [-0.39, 0.29) is 18.1 Å². The summed E-state index contributed by atoms with van der Waals surface area (Å²) in [5, 5.41) is 21.7. The van der Waals surface area contributed by atoms with Crippen LogP contribution in [0.4, 0.5) is 0 Å². The molecule has 88 valence electrons. The van der Waals surface area contributed by atoms with Crippen LogP contribution in [0.15, 0.2) is 12.1 Å². The summed E-state index contributed by atoms with van der Waals surface area (Å²) < 4.78 is 0. The number of hydrogen-bond donors (Lipinski definition) is 2. The molecule has 0 saturated heterocycles. The van der Waals surface area contributed by atoms with Gasteiger partial charge in [-0.3, -0.25) is 0 Å². The predicted octanol–water partition coefficient (Wildman–Crippen LogP) is 2.29. The van der Waals surface area contributed by atoms with Crippen LogP contribution >= 0.6 is 11.3 Å². The van der Waals surface area contributed by atoms with Crippen LogP contribution in [0.3, 0.4) is 0 Å². The Bertz CT molecular complexity index is 367. The first-order valence-electron chi connectivity index (χ1n) is 5.46. The molecule has 0 saturated carbocycles. The molecule has 3 nitrogen and oxygen atoms in total. The SMILES string of the molecule is CC(NCC(O)C(C)C)c1ccc(C#N)s1. The standard InChI is InChI=1S/C12H18N2OS/c1-8(2)11(15)7-14-9(3)12-5-4-10(6-13)16-12/h4-5,8-9,11,14-15H,7H2,1-3H3. The molecule has 0 aliphatic heterocycles. The van der Waals surface area contributed by atoms with Crippen molar-refractivity contribution in [1.82, 2.24) is 5.32 Å². The summed E-state index contributed by atoms with van der Waals surface area (Å²) in [7, 11) is 0. The van der Waals surface area contributed by atoms with Crippen molar-refractivity contribution in [1.29, 1.82) is 5.26 Å². The monoisotopic (exact) mass is 238 g/mol. The molecule has 1 aromatic heterocycles. The number of nitrogens with one attached hydrogen (secondary N) is 1. The van der Waals surface area contributed by atoms with Crippen LogP contribution in [0, 0.1) is 17.2 Å². The fourth-order valence-electron chi connectivity index (χ4n) is 1.28. The highest BCUT2D eigenvalue weighted by molar-refractivity contribution is 7.12. The maximum atomic E-state index is 9.66. The van der Waals surface area contributed by atoms with Crippen LogP contribution in [0.25, 0.3) is 0 Å². The zero-order valence-electron chi connectivity index (χ0n) is 9.90. The Balaban J connectivity index is 2.47. The van der Waals surface area contributed by atoms with Gasteiger partial charge in [0.05, 0.1) is 6.10 Å². The molecule has 1 rings (SSSR count). The first kappa shape index (κ1) is 13.2. The topological polar surface area (TPSA) is 56.0 Å². The molecule has 1 aromatic rings. The Morgan fingerprint density at radius 3 is 2.62 bits per heavy atom. The largest absolute Gasteiger partial charge is 0.392 e. The van der Waals surface area contributed by atoms with Gasteiger partial charge in [0.2, 0.25) is 0 Å². The summed E-state index contributed by atoms with van der Waals surface area (Å²) in [6, 6.07) is 6.10. The van der Waals surface area contributed by atoms with Gasteiger partial charge in [0.25, 0.3) is 0 Å². The number of rotatable bonds is 5. The average molecular weight is 238 g/mol. The normalized spacial score (nSPS) is 14.8. The lowest BCUT2D eigenvalue weighted by Gasteiger charge is -2.18. The lowest BCUT2D eigenvalue weighted by molar-refractivity contribution is 0.121. The molecule has 2 N–H and O–H groups in total. The second-order valence-corrected chi connectivity index (χ2v) is 5.37. The number of nitrogens with zero attached hydrogens (tertiary/aromatic N) is 1. The van der Waals surface area contributed by atoms with Crippen molar-refractivity contribution >= 4 is 11.3 Å². The number of nitriles is 1. The summed E-state index contributed by atoms with van der Waals surface area (Å²) in [5.74, 6) is 0.262. The van der Waals surface area contributed by atoms with Gasteiger partial charge in [0.15, 0.2) is 0 Å². The van der Waals surface area contributed by atoms with Gasteiger partial charge in [-0.15, -0.1) is 11.3 Å². The van der Waals surface area contributed by atoms with Crippen molar-refractivity contribution in [3.05, 3.63) is 21.9 Å². The van der Waals surface area contributed by atoms with Crippen molar-refractivity contribution in [2.75, 3.05) is 6.54 Å². The molecule has 0 spiro atoms. The summed E-state index contributed by atoms with van der Waals surface area (Å²) in [6.07, 6.45) is -0.321. The Morgan fingerprint density at radius 1 is 1.44 bits per heavy atom. The van der Waals surface area contributed by atoms with Crippen molar-refractivity contribution in [3.8, 4) is 6.07 Å². The van der Waals surface area contributed by atoms with Crippen molar-refractivity contribution in [3.63, 3.8) is 0 Å². The first-order chi connectivity index (χ1) is 7.54. The lowest BCUT2D eigenvalue weighted by atomic mass is 10.1. The molecule has 16 heavy (non-hydrogen) atoms. The van der Waals surface area contributed by atoms with E-state index >= 15 is 0 Å². The van der Waals surface area contributed by atoms with Crippen LogP contribution in [0.5, 0.6) is 0 Å². The molecular weight excluding hydrogens is 220 g/mol. The van der Waals surface area contributed by atoms with Gasteiger partial charge in [-0.2, -0.15) is 5.26 Å². The summed E-state index contributed by atoms with van der Waals surface area (Å²) >= 11 is 1.50. The molecule has 0 radical (unpaired) electrons. The van der Waals surface area contributed by atoms with Crippen molar-refractivity contribution in [2.45, 2.75) is 32.9 Å². The number of aliphatic hydroxyl groups excluding tert-OH is 1. The van der Waals surface area contributed by atoms with Crippen LogP contribution < -0.4 is 5.32 Å². The Hall–Kier alpha value is -0.890. The number of thiophene rings is 1. The van der Waals surface area contributed by atoms with Gasteiger partial charge in [0.1, 0.15) is 10.9 Å². The van der Waals surface area contributed by atoms with Gasteiger partial charge >= 0.3 is 0 Å². The van der Waals surface area contributed by atoms with Gasteiger partial charge in [-0.1, -0.05) is 13.8 Å². The summed E-state index contributed by atoms with van der Waals surface area (Å²) in [4.78, 5) is 1.86. The zero-order chi connectivity index (χ0) is 12.1. The van der Waals surface area contributed by atoms with E-state index in [1.54, 1.807) is 0 Å². The minimum absolute atomic E-state index is 0.181. The van der Waals surface area contributed by atoms with Crippen molar-refractivity contribution < 1.29 is 5.11 Å². The quantitative estimate of drug-likeness (QED) is 0.827. The van der Waals surface area contributed by atoms with Gasteiger partial charge in [-0.05, 0) is 25.0 Å². The summed E-state index contributed by atoms with van der Waals surface area (Å²) in [6.45, 7) is 6.62. The van der Waals surface area contributed by atoms with Gasteiger partial charge in [0, 0.05) is 17.5 Å². The second kappa shape index (κ2) is 6.00. The molecule has 2 atom stereocenters. The Morgan fingerprint density at radius 2 is 2.12 bits per heavy atom. The van der Waals surface area contributed by atoms with E-state index in [9.17, 15) is 5.11 Å². The molecule has 0 aliphatic rings. The molecule has 0 aliphatic carbocycles. The summed E-state index contributed by atoms with van der Waals surface area (Å²) in [5.41, 5.74) is 0. The molecule has 1 heterocycles. The maximum absolute atomic E-state index is 9.66. The highest BCUT2D eigenvalue weighted by atomic mass is 32.1. The molecule has 4 heteroatoms. The van der Waals surface area contributed by atoms with Crippen LogP contribution in [-0.2, 0) is 0 Å². The smallest absolute Gasteiger partial charge is 0.110 e. The van der Waals surface area contributed by atoms with E-state index in [0.717, 1.165) is 9.75 Å². The van der Waals surface area contributed by atoms with Crippen LogP contribution in [0.1, 0.15) is 36.6 Å². The van der Waals surface area contributed by atoms with Crippen molar-refractivity contribution in [2.24, 2.45) is 5.92 Å². The molecule has 0 amide bonds. The number of hydrogen-bond acceptors (Lipinski definition) is 4. The molecule has 0 fully saturated rings. The van der Waals surface area contributed by atoms with E-state index in [1.807, 2.05) is 32.9 Å². The van der Waals surface area contributed by atoms with E-state index in [2.05, 4.69) is 11.4 Å². The Kier molecular flexibility index (Phi) is 4.94. The highest BCUT2D eigenvalue weighted by Crippen LogP contribution is 2.22. The van der Waals surface area contributed by atoms with Crippen LogP contribution in [-0.4, -0.2) is 17.8 Å². The van der Waals surface area contributed by atoms with E-state index in [0.29, 0.717) is 6.54 Å². The molecule has 2 unspecified atom stereocenters. The zero-order valence-corrected chi connectivity index (χ0v) is 10.7. The molecule has 0 aromatic carbocycles. The van der Waals surface area contributed by atoms with Gasteiger partial charge < -0.3 is 10.4 Å². The third kappa shape index (κ3) is 3.60. The molecular formula is C12H18N2OS. The fourth-order valence-corrected chi connectivity index (χ4v) is 2.11. The Labute approximate surface area is 101 Å². The van der Waals surface area contributed by atoms with E-state index in [1.165, 1.54) is 11.3 Å². The third-order valence-electron chi connectivity index (χ3n) is 2.57. The minimum atomic E-state index is -0.321. The van der Waals surface area contributed by atoms with Crippen LogP contribution in [0.2, 0.25) is 0 Å². The lowest BCUT2D eigenvalue weighted by Crippen LogP contribution is -2.31. The maximum Gasteiger partial charge on any atom is 0.110 e. The predicted molar refractivity (Wildman–Crippen MR) is 66.3 cm³/mol. The molecule has 0 bridgehead atoms. The minimum Gasteiger partial charge on any atom is -0.392 e. The third-order valence-corrected chi connectivity index (χ3v) is 3.74. The van der Waals surface area contributed by atoms with Gasteiger partial charge in [-0.25, -0.2) is 0 Å². The number of aliphatic hydroxyl groups is 1. The first-order valence-corrected chi connectivity index (χ1v) is 6.27. The highest BCUT2D eigenvalue weighted by Gasteiger charge is 2.12. The van der Waals surface area contributed by atoms with E-state index < -0.39 is 0 Å². The average Bonchev–Trinajstić information content (AvgIpc) is 2.73. The second-order valence-electron chi connectivity index (χ2n) is 4.26. The fraction of sp³-hybridized carbons (Fsp3) is 0.583. The van der Waals surface area contributed by atoms with E-state index in [4.69, 9.17) is 5.26 Å².